The lowest BCUT2D eigenvalue weighted by Gasteiger charge is -2.11. The van der Waals surface area contributed by atoms with Gasteiger partial charge >= 0.3 is 0 Å². The van der Waals surface area contributed by atoms with E-state index < -0.39 is 0 Å². The van der Waals surface area contributed by atoms with Crippen LogP contribution < -0.4 is 5.32 Å². The van der Waals surface area contributed by atoms with Crippen molar-refractivity contribution in [2.24, 2.45) is 7.05 Å². The number of nitrogens with one attached hydrogen (secondary N) is 1. The molecule has 7 nitrogen and oxygen atoms in total. The molecule has 3 aromatic rings. The van der Waals surface area contributed by atoms with Crippen molar-refractivity contribution >= 4 is 35.1 Å². The van der Waals surface area contributed by atoms with Crippen LogP contribution in [-0.4, -0.2) is 35.9 Å². The van der Waals surface area contributed by atoms with Crippen molar-refractivity contribution in [3.8, 4) is 11.4 Å². The normalized spacial score (nSPS) is 12.0. The van der Waals surface area contributed by atoms with E-state index in [1.54, 1.807) is 31.5 Å². The molecule has 0 aliphatic rings. The maximum absolute atomic E-state index is 12.3. The van der Waals surface area contributed by atoms with Crippen molar-refractivity contribution in [1.29, 1.82) is 0 Å². The standard InChI is InChI=1S/C16H15ClN6OS/c1-10(15(24)20-13-6-5-12(17)9-19-13)25-16-22-21-14(23(16)2)11-4-3-7-18-8-11/h3-10H,1-2H3,(H,19,20,24)/t10-/m1/s1. The number of nitrogens with zero attached hydrogens (tertiary/aromatic N) is 5. The SMILES string of the molecule is C[C@@H](Sc1nnc(-c2cccnc2)n1C)C(=O)Nc1ccc(Cl)cn1. The lowest BCUT2D eigenvalue weighted by atomic mass is 10.3. The Bertz CT molecular complexity index is 868. The van der Waals surface area contributed by atoms with Gasteiger partial charge in [-0.05, 0) is 31.2 Å². The van der Waals surface area contributed by atoms with Gasteiger partial charge in [0.05, 0.1) is 10.3 Å². The van der Waals surface area contributed by atoms with Gasteiger partial charge in [-0.3, -0.25) is 9.78 Å². The van der Waals surface area contributed by atoms with E-state index in [2.05, 4.69) is 25.5 Å². The van der Waals surface area contributed by atoms with Crippen LogP contribution in [0.3, 0.4) is 0 Å². The Morgan fingerprint density at radius 1 is 1.28 bits per heavy atom. The van der Waals surface area contributed by atoms with E-state index in [1.165, 1.54) is 18.0 Å². The maximum Gasteiger partial charge on any atom is 0.238 e. The largest absolute Gasteiger partial charge is 0.310 e. The number of halogens is 1. The van der Waals surface area contributed by atoms with E-state index in [9.17, 15) is 4.79 Å². The highest BCUT2D eigenvalue weighted by Gasteiger charge is 2.19. The Balaban J connectivity index is 1.68. The Morgan fingerprint density at radius 3 is 2.80 bits per heavy atom. The van der Waals surface area contributed by atoms with E-state index in [1.807, 2.05) is 23.7 Å². The first-order chi connectivity index (χ1) is 12.0. The topological polar surface area (TPSA) is 85.6 Å². The first-order valence-corrected chi connectivity index (χ1v) is 8.69. The van der Waals surface area contributed by atoms with Crippen LogP contribution in [0.5, 0.6) is 0 Å². The van der Waals surface area contributed by atoms with Gasteiger partial charge in [-0.2, -0.15) is 0 Å². The summed E-state index contributed by atoms with van der Waals surface area (Å²) in [6, 6.07) is 7.07. The summed E-state index contributed by atoms with van der Waals surface area (Å²) in [4.78, 5) is 20.5. The minimum Gasteiger partial charge on any atom is -0.310 e. The van der Waals surface area contributed by atoms with Crippen LogP contribution in [0.2, 0.25) is 5.02 Å². The molecule has 0 saturated carbocycles. The number of pyridine rings is 2. The molecule has 0 fully saturated rings. The Labute approximate surface area is 153 Å². The number of carbonyl (C=O) groups is 1. The zero-order chi connectivity index (χ0) is 17.8. The molecule has 0 saturated heterocycles. The summed E-state index contributed by atoms with van der Waals surface area (Å²) < 4.78 is 1.84. The molecule has 0 aliphatic carbocycles. The number of hydrogen-bond donors (Lipinski definition) is 1. The highest BCUT2D eigenvalue weighted by atomic mass is 35.5. The molecular weight excluding hydrogens is 360 g/mol. The summed E-state index contributed by atoms with van der Waals surface area (Å²) in [7, 11) is 1.86. The van der Waals surface area contributed by atoms with Gasteiger partial charge in [0.1, 0.15) is 5.82 Å². The van der Waals surface area contributed by atoms with Crippen LogP contribution in [-0.2, 0) is 11.8 Å². The third-order valence-corrected chi connectivity index (χ3v) is 4.74. The molecular formula is C16H15ClN6OS. The van der Waals surface area contributed by atoms with E-state index in [-0.39, 0.29) is 11.2 Å². The minimum absolute atomic E-state index is 0.175. The Morgan fingerprint density at radius 2 is 2.12 bits per heavy atom. The monoisotopic (exact) mass is 374 g/mol. The van der Waals surface area contributed by atoms with Crippen LogP contribution >= 0.6 is 23.4 Å². The molecule has 0 spiro atoms. The molecule has 0 aliphatic heterocycles. The van der Waals surface area contributed by atoms with Crippen molar-refractivity contribution < 1.29 is 4.79 Å². The van der Waals surface area contributed by atoms with Gasteiger partial charge in [-0.15, -0.1) is 10.2 Å². The van der Waals surface area contributed by atoms with Gasteiger partial charge in [-0.25, -0.2) is 4.98 Å². The summed E-state index contributed by atoms with van der Waals surface area (Å²) in [5.41, 5.74) is 0.867. The first kappa shape index (κ1) is 17.4. The van der Waals surface area contributed by atoms with E-state index >= 15 is 0 Å². The average molecular weight is 375 g/mol. The van der Waals surface area contributed by atoms with Crippen molar-refractivity contribution in [1.82, 2.24) is 24.7 Å². The molecule has 0 unspecified atom stereocenters. The third kappa shape index (κ3) is 4.15. The zero-order valence-corrected chi connectivity index (χ0v) is 15.1. The average Bonchev–Trinajstić information content (AvgIpc) is 2.98. The molecule has 1 N–H and O–H groups in total. The van der Waals surface area contributed by atoms with Crippen molar-refractivity contribution in [2.75, 3.05) is 5.32 Å². The molecule has 3 heterocycles. The molecule has 1 amide bonds. The van der Waals surface area contributed by atoms with Gasteiger partial charge in [0.15, 0.2) is 11.0 Å². The Hall–Kier alpha value is -2.45. The smallest absolute Gasteiger partial charge is 0.238 e. The highest BCUT2D eigenvalue weighted by Crippen LogP contribution is 2.25. The van der Waals surface area contributed by atoms with Gasteiger partial charge in [0.2, 0.25) is 5.91 Å². The first-order valence-electron chi connectivity index (χ1n) is 7.43. The molecule has 25 heavy (non-hydrogen) atoms. The summed E-state index contributed by atoms with van der Waals surface area (Å²) in [6.45, 7) is 1.80. The van der Waals surface area contributed by atoms with Crippen molar-refractivity contribution in [3.63, 3.8) is 0 Å². The fourth-order valence-electron chi connectivity index (χ4n) is 2.05. The lowest BCUT2D eigenvalue weighted by molar-refractivity contribution is -0.115. The molecule has 1 atom stereocenters. The molecule has 0 aromatic carbocycles. The second-order valence-electron chi connectivity index (χ2n) is 5.22. The number of hydrogen-bond acceptors (Lipinski definition) is 6. The Kier molecular flexibility index (Phi) is 5.30. The van der Waals surface area contributed by atoms with Crippen molar-refractivity contribution in [2.45, 2.75) is 17.3 Å². The van der Waals surface area contributed by atoms with Gasteiger partial charge < -0.3 is 9.88 Å². The van der Waals surface area contributed by atoms with Crippen LogP contribution in [0.15, 0.2) is 48.0 Å². The molecule has 128 valence electrons. The summed E-state index contributed by atoms with van der Waals surface area (Å²) in [5.74, 6) is 0.976. The number of amides is 1. The maximum atomic E-state index is 12.3. The quantitative estimate of drug-likeness (QED) is 0.691. The van der Waals surface area contributed by atoms with Crippen molar-refractivity contribution in [3.05, 3.63) is 47.9 Å². The molecule has 9 heteroatoms. The summed E-state index contributed by atoms with van der Waals surface area (Å²) in [5, 5.41) is 11.9. The van der Waals surface area contributed by atoms with Gasteiger partial charge in [0, 0.05) is 31.2 Å². The van der Waals surface area contributed by atoms with Gasteiger partial charge in [0.25, 0.3) is 0 Å². The fourth-order valence-corrected chi connectivity index (χ4v) is 2.98. The molecule has 3 rings (SSSR count). The second kappa shape index (κ2) is 7.62. The predicted molar refractivity (Wildman–Crippen MR) is 97.4 cm³/mol. The minimum atomic E-state index is -0.373. The van der Waals surface area contributed by atoms with E-state index in [4.69, 9.17) is 11.6 Å². The molecule has 0 bridgehead atoms. The van der Waals surface area contributed by atoms with Crippen LogP contribution in [0.1, 0.15) is 6.92 Å². The number of rotatable bonds is 5. The van der Waals surface area contributed by atoms with Gasteiger partial charge in [-0.1, -0.05) is 23.4 Å². The predicted octanol–water partition coefficient (Wildman–Crippen LogP) is 3.04. The van der Waals surface area contributed by atoms with Crippen LogP contribution in [0.4, 0.5) is 5.82 Å². The number of anilines is 1. The van der Waals surface area contributed by atoms with Crippen LogP contribution in [0.25, 0.3) is 11.4 Å². The van der Waals surface area contributed by atoms with Crippen LogP contribution in [0, 0.1) is 0 Å². The highest BCUT2D eigenvalue weighted by molar-refractivity contribution is 8.00. The zero-order valence-electron chi connectivity index (χ0n) is 13.5. The number of thioether (sulfide) groups is 1. The third-order valence-electron chi connectivity index (χ3n) is 3.38. The second-order valence-corrected chi connectivity index (χ2v) is 6.96. The molecule has 0 radical (unpaired) electrons. The summed E-state index contributed by atoms with van der Waals surface area (Å²) in [6.07, 6.45) is 4.91. The fraction of sp³-hybridized carbons (Fsp3) is 0.188. The summed E-state index contributed by atoms with van der Waals surface area (Å²) >= 11 is 7.11. The lowest BCUT2D eigenvalue weighted by Crippen LogP contribution is -2.23. The number of aromatic nitrogens is 5. The van der Waals surface area contributed by atoms with E-state index in [0.717, 1.165) is 5.56 Å². The van der Waals surface area contributed by atoms with E-state index in [0.29, 0.717) is 21.8 Å². The number of carbonyl (C=O) groups excluding carboxylic acids is 1. The molecule has 3 aromatic heterocycles.